The molecule has 0 amide bonds. The lowest BCUT2D eigenvalue weighted by Gasteiger charge is -2.08. The number of H-pyrrole nitrogens is 1. The second kappa shape index (κ2) is 5.33. The molecule has 0 unspecified atom stereocenters. The summed E-state index contributed by atoms with van der Waals surface area (Å²) in [7, 11) is 0. The molecule has 0 bridgehead atoms. The van der Waals surface area contributed by atoms with Crippen molar-refractivity contribution in [1.82, 2.24) is 4.98 Å². The van der Waals surface area contributed by atoms with Crippen molar-refractivity contribution >= 4 is 28.2 Å². The molecule has 1 heterocycles. The molecule has 2 aromatic carbocycles. The van der Waals surface area contributed by atoms with Gasteiger partial charge in [-0.25, -0.2) is 13.2 Å². The standard InChI is InChI=1S/C15H10ClF3N2/c16-9-1-2-11-8(6-20-13(11)3-9)7-21-14-5-10(17)4-12(18)15(14)19/h1-6,20-21H,7H2. The van der Waals surface area contributed by atoms with Crippen molar-refractivity contribution in [3.05, 3.63) is 64.6 Å². The second-order valence-corrected chi connectivity index (χ2v) is 5.04. The third kappa shape index (κ3) is 2.69. The smallest absolute Gasteiger partial charge is 0.182 e. The van der Waals surface area contributed by atoms with E-state index in [1.807, 2.05) is 6.07 Å². The molecule has 6 heteroatoms. The number of aromatic amines is 1. The van der Waals surface area contributed by atoms with Crippen LogP contribution in [-0.2, 0) is 6.54 Å². The summed E-state index contributed by atoms with van der Waals surface area (Å²) < 4.78 is 39.8. The number of fused-ring (bicyclic) bond motifs is 1. The summed E-state index contributed by atoms with van der Waals surface area (Å²) in [5, 5.41) is 4.20. The first-order valence-corrected chi connectivity index (χ1v) is 6.56. The molecule has 0 saturated heterocycles. The van der Waals surface area contributed by atoms with E-state index >= 15 is 0 Å². The summed E-state index contributed by atoms with van der Waals surface area (Å²) in [4.78, 5) is 3.04. The maximum absolute atomic E-state index is 13.5. The molecule has 3 aromatic rings. The van der Waals surface area contributed by atoms with Gasteiger partial charge in [-0.2, -0.15) is 0 Å². The highest BCUT2D eigenvalue weighted by atomic mass is 35.5. The Kier molecular flexibility index (Phi) is 3.51. The Balaban J connectivity index is 1.87. The Morgan fingerprint density at radius 1 is 1.10 bits per heavy atom. The van der Waals surface area contributed by atoms with E-state index in [0.29, 0.717) is 11.1 Å². The van der Waals surface area contributed by atoms with E-state index in [2.05, 4.69) is 10.3 Å². The molecule has 21 heavy (non-hydrogen) atoms. The van der Waals surface area contributed by atoms with Crippen LogP contribution in [0.1, 0.15) is 5.56 Å². The minimum atomic E-state index is -1.22. The fraction of sp³-hybridized carbons (Fsp3) is 0.0667. The van der Waals surface area contributed by atoms with Gasteiger partial charge >= 0.3 is 0 Å². The van der Waals surface area contributed by atoms with Crippen LogP contribution in [0.15, 0.2) is 36.5 Å². The van der Waals surface area contributed by atoms with Crippen molar-refractivity contribution in [2.45, 2.75) is 6.54 Å². The number of benzene rings is 2. The van der Waals surface area contributed by atoms with E-state index in [4.69, 9.17) is 11.6 Å². The first kappa shape index (κ1) is 13.8. The zero-order valence-corrected chi connectivity index (χ0v) is 11.4. The van der Waals surface area contributed by atoms with Crippen LogP contribution in [0.5, 0.6) is 0 Å². The summed E-state index contributed by atoms with van der Waals surface area (Å²) >= 11 is 5.89. The van der Waals surface area contributed by atoms with Crippen molar-refractivity contribution < 1.29 is 13.2 Å². The minimum absolute atomic E-state index is 0.212. The summed E-state index contributed by atoms with van der Waals surface area (Å²) in [6.45, 7) is 0.224. The highest BCUT2D eigenvalue weighted by Crippen LogP contribution is 2.24. The van der Waals surface area contributed by atoms with Gasteiger partial charge in [0.25, 0.3) is 0 Å². The molecule has 3 rings (SSSR count). The van der Waals surface area contributed by atoms with Gasteiger partial charge in [-0.15, -0.1) is 0 Å². The Labute approximate surface area is 123 Å². The van der Waals surface area contributed by atoms with Gasteiger partial charge in [0.15, 0.2) is 11.6 Å². The first-order chi connectivity index (χ1) is 10.0. The predicted molar refractivity (Wildman–Crippen MR) is 77.0 cm³/mol. The van der Waals surface area contributed by atoms with Crippen LogP contribution in [0, 0.1) is 17.5 Å². The molecule has 0 fully saturated rings. The van der Waals surface area contributed by atoms with Crippen LogP contribution < -0.4 is 5.32 Å². The monoisotopic (exact) mass is 310 g/mol. The lowest BCUT2D eigenvalue weighted by atomic mass is 10.1. The van der Waals surface area contributed by atoms with Crippen LogP contribution in [0.3, 0.4) is 0 Å². The van der Waals surface area contributed by atoms with Crippen molar-refractivity contribution in [1.29, 1.82) is 0 Å². The largest absolute Gasteiger partial charge is 0.378 e. The third-order valence-electron chi connectivity index (χ3n) is 3.19. The zero-order chi connectivity index (χ0) is 15.0. The molecule has 0 spiro atoms. The molecular formula is C15H10ClF3N2. The molecule has 2 nitrogen and oxygen atoms in total. The van der Waals surface area contributed by atoms with Crippen LogP contribution in [-0.4, -0.2) is 4.98 Å². The number of rotatable bonds is 3. The van der Waals surface area contributed by atoms with Gasteiger partial charge in [-0.1, -0.05) is 17.7 Å². The maximum Gasteiger partial charge on any atom is 0.182 e. The Bertz CT molecular complexity index is 814. The molecule has 108 valence electrons. The quantitative estimate of drug-likeness (QED) is 0.665. The second-order valence-electron chi connectivity index (χ2n) is 4.61. The van der Waals surface area contributed by atoms with E-state index in [0.717, 1.165) is 22.5 Å². The number of anilines is 1. The Morgan fingerprint density at radius 3 is 2.71 bits per heavy atom. The molecule has 2 N–H and O–H groups in total. The fourth-order valence-corrected chi connectivity index (χ4v) is 2.35. The van der Waals surface area contributed by atoms with Gasteiger partial charge in [0, 0.05) is 40.8 Å². The van der Waals surface area contributed by atoms with Crippen molar-refractivity contribution in [3.63, 3.8) is 0 Å². The van der Waals surface area contributed by atoms with Crippen molar-refractivity contribution in [2.24, 2.45) is 0 Å². The molecule has 0 atom stereocenters. The zero-order valence-electron chi connectivity index (χ0n) is 10.7. The Hall–Kier alpha value is -2.14. The number of hydrogen-bond donors (Lipinski definition) is 2. The SMILES string of the molecule is Fc1cc(F)c(F)c(NCc2c[nH]c3cc(Cl)ccc23)c1. The molecule has 0 saturated carbocycles. The van der Waals surface area contributed by atoms with Crippen molar-refractivity contribution in [3.8, 4) is 0 Å². The summed E-state index contributed by atoms with van der Waals surface area (Å²) in [6, 6.07) is 6.76. The summed E-state index contributed by atoms with van der Waals surface area (Å²) in [5.74, 6) is -3.15. The average molecular weight is 311 g/mol. The fourth-order valence-electron chi connectivity index (χ4n) is 2.18. The molecule has 0 aliphatic carbocycles. The number of halogens is 4. The van der Waals surface area contributed by atoms with Crippen LogP contribution in [0.25, 0.3) is 10.9 Å². The van der Waals surface area contributed by atoms with Gasteiger partial charge < -0.3 is 10.3 Å². The molecule has 1 aromatic heterocycles. The highest BCUT2D eigenvalue weighted by molar-refractivity contribution is 6.31. The van der Waals surface area contributed by atoms with Gasteiger partial charge in [0.1, 0.15) is 5.82 Å². The maximum atomic E-state index is 13.5. The van der Waals surface area contributed by atoms with Crippen LogP contribution in [0.4, 0.5) is 18.9 Å². The lowest BCUT2D eigenvalue weighted by molar-refractivity contribution is 0.497. The first-order valence-electron chi connectivity index (χ1n) is 6.18. The Morgan fingerprint density at radius 2 is 1.90 bits per heavy atom. The molecule has 0 radical (unpaired) electrons. The van der Waals surface area contributed by atoms with Gasteiger partial charge in [-0.05, 0) is 17.7 Å². The number of hydrogen-bond acceptors (Lipinski definition) is 1. The van der Waals surface area contributed by atoms with E-state index in [9.17, 15) is 13.2 Å². The number of aromatic nitrogens is 1. The molecule has 0 aliphatic rings. The third-order valence-corrected chi connectivity index (χ3v) is 3.43. The lowest BCUT2D eigenvalue weighted by Crippen LogP contribution is -2.03. The number of nitrogens with one attached hydrogen (secondary N) is 2. The van der Waals surface area contributed by atoms with E-state index < -0.39 is 17.5 Å². The topological polar surface area (TPSA) is 27.8 Å². The molecule has 0 aliphatic heterocycles. The van der Waals surface area contributed by atoms with E-state index in [-0.39, 0.29) is 12.2 Å². The average Bonchev–Trinajstić information content (AvgIpc) is 2.83. The van der Waals surface area contributed by atoms with Crippen LogP contribution >= 0.6 is 11.6 Å². The van der Waals surface area contributed by atoms with E-state index in [1.54, 1.807) is 18.3 Å². The van der Waals surface area contributed by atoms with Crippen molar-refractivity contribution in [2.75, 3.05) is 5.32 Å². The van der Waals surface area contributed by atoms with Gasteiger partial charge in [0.05, 0.1) is 5.69 Å². The summed E-state index contributed by atoms with van der Waals surface area (Å²) in [5.41, 5.74) is 1.46. The van der Waals surface area contributed by atoms with Crippen LogP contribution in [0.2, 0.25) is 5.02 Å². The van der Waals surface area contributed by atoms with E-state index in [1.165, 1.54) is 0 Å². The highest BCUT2D eigenvalue weighted by Gasteiger charge is 2.11. The normalized spacial score (nSPS) is 11.0. The molecular weight excluding hydrogens is 301 g/mol. The van der Waals surface area contributed by atoms with Gasteiger partial charge in [0.2, 0.25) is 0 Å². The predicted octanol–water partition coefficient (Wildman–Crippen LogP) is 4.85. The van der Waals surface area contributed by atoms with Gasteiger partial charge in [-0.3, -0.25) is 0 Å². The summed E-state index contributed by atoms with van der Waals surface area (Å²) in [6.07, 6.45) is 1.74. The minimum Gasteiger partial charge on any atom is -0.378 e.